The maximum atomic E-state index is 11.0. The second-order valence-electron chi connectivity index (χ2n) is 2.41. The Hall–Kier alpha value is -1.65. The number of dihydropyridines is 1. The van der Waals surface area contributed by atoms with Gasteiger partial charge >= 0.3 is 0 Å². The molecule has 1 amide bonds. The molecule has 12 heavy (non-hydrogen) atoms. The number of rotatable bonds is 0. The van der Waals surface area contributed by atoms with Crippen LogP contribution in [0.5, 0.6) is 0 Å². The van der Waals surface area contributed by atoms with E-state index in [0.717, 1.165) is 6.21 Å². The van der Waals surface area contributed by atoms with Crippen LogP contribution in [-0.2, 0) is 14.3 Å². The van der Waals surface area contributed by atoms with Gasteiger partial charge in [0.2, 0.25) is 5.78 Å². The highest BCUT2D eigenvalue weighted by Crippen LogP contribution is 2.13. The molecule has 0 radical (unpaired) electrons. The third-order valence-corrected chi connectivity index (χ3v) is 1.61. The minimum Gasteiger partial charge on any atom is -0.485 e. The summed E-state index contributed by atoms with van der Waals surface area (Å²) in [5.41, 5.74) is 0.189. The van der Waals surface area contributed by atoms with Gasteiger partial charge in [-0.25, -0.2) is 4.99 Å². The number of nitrogens with zero attached hydrogens (tertiary/aromatic N) is 1. The van der Waals surface area contributed by atoms with Crippen molar-refractivity contribution in [1.29, 1.82) is 0 Å². The largest absolute Gasteiger partial charge is 0.485 e. The van der Waals surface area contributed by atoms with Crippen LogP contribution in [0.4, 0.5) is 0 Å². The van der Waals surface area contributed by atoms with E-state index in [1.165, 1.54) is 0 Å². The summed E-state index contributed by atoms with van der Waals surface area (Å²) in [6.45, 7) is 0.944. The zero-order chi connectivity index (χ0) is 8.55. The number of Topliss-reactive ketones (excluding diaryl/α,β-unsaturated/α-hetero) is 1. The fourth-order valence-electron chi connectivity index (χ4n) is 1.09. The molecule has 2 rings (SSSR count). The maximum Gasteiger partial charge on any atom is 0.297 e. The van der Waals surface area contributed by atoms with Crippen molar-refractivity contribution in [3.8, 4) is 0 Å². The molecule has 0 unspecified atom stereocenters. The molecule has 62 valence electrons. The van der Waals surface area contributed by atoms with E-state index in [-0.39, 0.29) is 17.2 Å². The highest BCUT2D eigenvalue weighted by atomic mass is 16.5. The molecule has 0 aromatic heterocycles. The Bertz CT molecular complexity index is 287. The zero-order valence-electron chi connectivity index (χ0n) is 6.16. The van der Waals surface area contributed by atoms with Crippen LogP contribution < -0.4 is 5.32 Å². The van der Waals surface area contributed by atoms with Gasteiger partial charge in [0.15, 0.2) is 5.76 Å². The van der Waals surface area contributed by atoms with E-state index in [2.05, 4.69) is 10.3 Å². The molecule has 0 aromatic rings. The van der Waals surface area contributed by atoms with Crippen molar-refractivity contribution in [2.24, 2.45) is 4.99 Å². The Labute approximate surface area is 68.1 Å². The second-order valence-corrected chi connectivity index (χ2v) is 2.41. The predicted octanol–water partition coefficient (Wildman–Crippen LogP) is -1.00. The van der Waals surface area contributed by atoms with Gasteiger partial charge in [-0.1, -0.05) is 0 Å². The number of carbonyl (C=O) groups is 2. The van der Waals surface area contributed by atoms with Crippen LogP contribution in [0.1, 0.15) is 0 Å². The van der Waals surface area contributed by atoms with Crippen molar-refractivity contribution in [2.75, 3.05) is 13.2 Å². The molecule has 2 heterocycles. The van der Waals surface area contributed by atoms with Crippen molar-refractivity contribution < 1.29 is 14.3 Å². The number of hydrogen-bond donors (Lipinski definition) is 1. The summed E-state index contributed by atoms with van der Waals surface area (Å²) in [4.78, 5) is 25.5. The van der Waals surface area contributed by atoms with Gasteiger partial charge in [0.25, 0.3) is 5.91 Å². The number of ketones is 1. The predicted molar refractivity (Wildman–Crippen MR) is 39.5 cm³/mol. The maximum absolute atomic E-state index is 11.0. The minimum atomic E-state index is -0.440. The molecule has 0 aliphatic carbocycles. The molecular formula is C7H6N2O3. The van der Waals surface area contributed by atoms with E-state index in [0.29, 0.717) is 13.2 Å². The van der Waals surface area contributed by atoms with Gasteiger partial charge in [0, 0.05) is 6.54 Å². The Balaban J connectivity index is 2.43. The number of nitrogens with one attached hydrogen (secondary N) is 1. The molecule has 0 aromatic carbocycles. The highest BCUT2D eigenvalue weighted by molar-refractivity contribution is 6.39. The first-order chi connectivity index (χ1) is 5.79. The van der Waals surface area contributed by atoms with Crippen molar-refractivity contribution in [3.05, 3.63) is 11.5 Å². The summed E-state index contributed by atoms with van der Waals surface area (Å²) >= 11 is 0. The van der Waals surface area contributed by atoms with Crippen LogP contribution in [0.25, 0.3) is 0 Å². The molecule has 1 N–H and O–H groups in total. The summed E-state index contributed by atoms with van der Waals surface area (Å²) < 4.78 is 5.02. The van der Waals surface area contributed by atoms with Crippen LogP contribution in [0, 0.1) is 0 Å². The lowest BCUT2D eigenvalue weighted by Gasteiger charge is -2.20. The van der Waals surface area contributed by atoms with E-state index < -0.39 is 5.91 Å². The molecule has 2 aliphatic heterocycles. The molecule has 0 fully saturated rings. The van der Waals surface area contributed by atoms with Crippen molar-refractivity contribution in [1.82, 2.24) is 5.32 Å². The van der Waals surface area contributed by atoms with Crippen LogP contribution in [-0.4, -0.2) is 31.1 Å². The zero-order valence-corrected chi connectivity index (χ0v) is 6.16. The van der Waals surface area contributed by atoms with E-state index >= 15 is 0 Å². The van der Waals surface area contributed by atoms with E-state index in [9.17, 15) is 9.59 Å². The van der Waals surface area contributed by atoms with E-state index in [1.807, 2.05) is 0 Å². The van der Waals surface area contributed by atoms with Gasteiger partial charge in [-0.3, -0.25) is 9.59 Å². The van der Waals surface area contributed by atoms with Gasteiger partial charge in [-0.05, 0) is 0 Å². The van der Waals surface area contributed by atoms with Gasteiger partial charge < -0.3 is 10.1 Å². The standard InChI is InChI=1S/C7H6N2O3/c10-4-3-9-7(11)5-6(4)12-2-1-8-5/h3,8H,1-2H2. The van der Waals surface area contributed by atoms with Crippen LogP contribution >= 0.6 is 0 Å². The number of amides is 1. The second kappa shape index (κ2) is 2.44. The van der Waals surface area contributed by atoms with Gasteiger partial charge in [0.1, 0.15) is 12.3 Å². The third-order valence-electron chi connectivity index (χ3n) is 1.61. The van der Waals surface area contributed by atoms with Crippen molar-refractivity contribution in [2.45, 2.75) is 0 Å². The lowest BCUT2D eigenvalue weighted by atomic mass is 10.2. The number of carbonyl (C=O) groups excluding carboxylic acids is 2. The Morgan fingerprint density at radius 2 is 2.33 bits per heavy atom. The Kier molecular flexibility index (Phi) is 1.43. The van der Waals surface area contributed by atoms with Crippen LogP contribution in [0.2, 0.25) is 0 Å². The summed E-state index contributed by atoms with van der Waals surface area (Å²) in [6.07, 6.45) is 0.980. The first kappa shape index (κ1) is 7.02. The third kappa shape index (κ3) is 0.903. The SMILES string of the molecule is O=C1C=NC(=O)C2=C1OCCN2. The van der Waals surface area contributed by atoms with Crippen molar-refractivity contribution in [3.63, 3.8) is 0 Å². The first-order valence-corrected chi connectivity index (χ1v) is 3.53. The number of aliphatic imine (C=N–C) groups is 1. The average molecular weight is 166 g/mol. The number of ether oxygens (including phenoxy) is 1. The summed E-state index contributed by atoms with van der Waals surface area (Å²) in [5, 5.41) is 2.77. The molecule has 0 bridgehead atoms. The first-order valence-electron chi connectivity index (χ1n) is 3.53. The highest BCUT2D eigenvalue weighted by Gasteiger charge is 2.27. The van der Waals surface area contributed by atoms with E-state index in [1.54, 1.807) is 0 Å². The molecule has 5 heteroatoms. The number of allylic oxidation sites excluding steroid dienone is 1. The van der Waals surface area contributed by atoms with Gasteiger partial charge in [0.05, 0.1) is 6.21 Å². The molecule has 0 atom stereocenters. The average Bonchev–Trinajstić information content (AvgIpc) is 2.12. The summed E-state index contributed by atoms with van der Waals surface area (Å²) in [7, 11) is 0. The Morgan fingerprint density at radius 3 is 3.08 bits per heavy atom. The molecule has 0 saturated heterocycles. The monoisotopic (exact) mass is 166 g/mol. The number of hydrogen-bond acceptors (Lipinski definition) is 4. The van der Waals surface area contributed by atoms with Gasteiger partial charge in [-0.15, -0.1) is 0 Å². The topological polar surface area (TPSA) is 67.8 Å². The molecule has 2 aliphatic rings. The summed E-state index contributed by atoms with van der Waals surface area (Å²) in [5.74, 6) is -0.692. The van der Waals surface area contributed by atoms with Crippen LogP contribution in [0.3, 0.4) is 0 Å². The summed E-state index contributed by atoms with van der Waals surface area (Å²) in [6, 6.07) is 0. The van der Waals surface area contributed by atoms with E-state index in [4.69, 9.17) is 4.74 Å². The molecule has 0 saturated carbocycles. The quantitative estimate of drug-likeness (QED) is 0.501. The van der Waals surface area contributed by atoms with Gasteiger partial charge in [-0.2, -0.15) is 0 Å². The lowest BCUT2D eigenvalue weighted by Crippen LogP contribution is -2.35. The smallest absolute Gasteiger partial charge is 0.297 e. The molecule has 0 spiro atoms. The normalized spacial score (nSPS) is 21.7. The minimum absolute atomic E-state index is 0.0984. The Morgan fingerprint density at radius 1 is 1.50 bits per heavy atom. The molecule has 5 nitrogen and oxygen atoms in total. The van der Waals surface area contributed by atoms with Crippen LogP contribution in [0.15, 0.2) is 16.4 Å². The fraction of sp³-hybridized carbons (Fsp3) is 0.286. The fourth-order valence-corrected chi connectivity index (χ4v) is 1.09. The van der Waals surface area contributed by atoms with Crippen molar-refractivity contribution >= 4 is 17.9 Å². The lowest BCUT2D eigenvalue weighted by molar-refractivity contribution is -0.119. The molecular weight excluding hydrogens is 160 g/mol.